The summed E-state index contributed by atoms with van der Waals surface area (Å²) >= 11 is 5.37. The van der Waals surface area contributed by atoms with E-state index in [1.165, 1.54) is 6.07 Å². The fraction of sp³-hybridized carbons (Fsp3) is 0.143. The Labute approximate surface area is 72.8 Å². The smallest absolute Gasteiger partial charge is 0.307 e. The van der Waals surface area contributed by atoms with E-state index in [0.717, 1.165) is 6.20 Å². The number of pyridine rings is 1. The molecule has 0 saturated carbocycles. The third-order valence-electron chi connectivity index (χ3n) is 1.21. The number of rotatable bonds is 2. The van der Waals surface area contributed by atoms with E-state index in [9.17, 15) is 9.18 Å². The summed E-state index contributed by atoms with van der Waals surface area (Å²) in [5.74, 6) is -1.79. The van der Waals surface area contributed by atoms with Crippen LogP contribution < -0.4 is 0 Å². The van der Waals surface area contributed by atoms with E-state index in [1.54, 1.807) is 0 Å². The highest BCUT2D eigenvalue weighted by Crippen LogP contribution is 2.13. The average Bonchev–Trinajstić information content (AvgIpc) is 1.96. The number of aromatic nitrogens is 1. The Hall–Kier alpha value is -1.16. The van der Waals surface area contributed by atoms with E-state index in [-0.39, 0.29) is 11.4 Å². The number of carboxylic acids is 1. The summed E-state index contributed by atoms with van der Waals surface area (Å²) in [6, 6.07) is 1.25. The Morgan fingerprint density at radius 1 is 1.75 bits per heavy atom. The minimum atomic E-state index is -1.00. The number of hydrogen-bond donors (Lipinski definition) is 1. The summed E-state index contributed by atoms with van der Waals surface area (Å²) in [4.78, 5) is 13.5. The molecule has 0 aliphatic carbocycles. The van der Waals surface area contributed by atoms with Crippen LogP contribution in [0.1, 0.15) is 5.56 Å². The van der Waals surface area contributed by atoms with Crippen LogP contribution in [0.3, 0.4) is 0 Å². The quantitative estimate of drug-likeness (QED) is 0.718. The van der Waals surface area contributed by atoms with Crippen molar-refractivity contribution in [1.29, 1.82) is 0 Å². The summed E-state index contributed by atoms with van der Waals surface area (Å²) in [6.07, 6.45) is 0.947. The standard InChI is InChI=1S/C7H5ClFNO2/c8-5-1-4(2-6(11)12)3-10-7(5)9/h1,3H,2H2,(H,11,12). The molecule has 1 aromatic rings. The number of aliphatic carboxylic acids is 1. The number of nitrogens with zero attached hydrogens (tertiary/aromatic N) is 1. The van der Waals surface area contributed by atoms with Crippen molar-refractivity contribution in [2.75, 3.05) is 0 Å². The fourth-order valence-corrected chi connectivity index (χ4v) is 0.921. The molecule has 3 nitrogen and oxygen atoms in total. The van der Waals surface area contributed by atoms with Crippen LogP contribution >= 0.6 is 11.6 Å². The van der Waals surface area contributed by atoms with Crippen LogP contribution in [0, 0.1) is 5.95 Å². The second kappa shape index (κ2) is 3.49. The molecular formula is C7H5ClFNO2. The van der Waals surface area contributed by atoms with Crippen molar-refractivity contribution in [3.8, 4) is 0 Å². The van der Waals surface area contributed by atoms with Crippen LogP contribution in [0.25, 0.3) is 0 Å². The van der Waals surface area contributed by atoms with E-state index in [0.29, 0.717) is 5.56 Å². The monoisotopic (exact) mass is 189 g/mol. The average molecular weight is 190 g/mol. The van der Waals surface area contributed by atoms with Gasteiger partial charge in [0.05, 0.1) is 11.4 Å². The molecule has 1 aromatic heterocycles. The molecule has 1 N–H and O–H groups in total. The molecule has 0 amide bonds. The van der Waals surface area contributed by atoms with Gasteiger partial charge in [-0.2, -0.15) is 4.39 Å². The maximum absolute atomic E-state index is 12.4. The maximum atomic E-state index is 12.4. The second-order valence-electron chi connectivity index (χ2n) is 2.19. The molecule has 0 unspecified atom stereocenters. The van der Waals surface area contributed by atoms with Gasteiger partial charge in [-0.05, 0) is 11.6 Å². The van der Waals surface area contributed by atoms with Crippen molar-refractivity contribution >= 4 is 17.6 Å². The van der Waals surface area contributed by atoms with Crippen molar-refractivity contribution in [1.82, 2.24) is 4.98 Å². The molecule has 64 valence electrons. The van der Waals surface area contributed by atoms with Gasteiger partial charge in [-0.15, -0.1) is 0 Å². The Bertz CT molecular complexity index is 316. The van der Waals surface area contributed by atoms with Crippen molar-refractivity contribution in [3.63, 3.8) is 0 Å². The van der Waals surface area contributed by atoms with Gasteiger partial charge >= 0.3 is 5.97 Å². The Kier molecular flexibility index (Phi) is 2.60. The number of halogens is 2. The zero-order valence-corrected chi connectivity index (χ0v) is 6.68. The molecular weight excluding hydrogens is 185 g/mol. The molecule has 0 aliphatic heterocycles. The van der Waals surface area contributed by atoms with Gasteiger partial charge in [0.2, 0.25) is 5.95 Å². The summed E-state index contributed by atoms with van der Waals surface area (Å²) in [5, 5.41) is 8.20. The molecule has 0 atom stereocenters. The molecule has 12 heavy (non-hydrogen) atoms. The summed E-state index contributed by atoms with van der Waals surface area (Å²) in [7, 11) is 0. The van der Waals surface area contributed by atoms with Crippen molar-refractivity contribution in [3.05, 3.63) is 28.8 Å². The van der Waals surface area contributed by atoms with Crippen molar-refractivity contribution in [2.24, 2.45) is 0 Å². The lowest BCUT2D eigenvalue weighted by Gasteiger charge is -1.97. The highest BCUT2D eigenvalue weighted by Gasteiger charge is 2.05. The lowest BCUT2D eigenvalue weighted by molar-refractivity contribution is -0.136. The summed E-state index contributed by atoms with van der Waals surface area (Å²) < 4.78 is 12.4. The lowest BCUT2D eigenvalue weighted by atomic mass is 10.2. The van der Waals surface area contributed by atoms with Gasteiger partial charge in [0.1, 0.15) is 0 Å². The van der Waals surface area contributed by atoms with Gasteiger partial charge in [0, 0.05) is 6.20 Å². The first-order valence-corrected chi connectivity index (χ1v) is 3.49. The topological polar surface area (TPSA) is 50.2 Å². The fourth-order valence-electron chi connectivity index (χ4n) is 0.732. The second-order valence-corrected chi connectivity index (χ2v) is 2.59. The van der Waals surface area contributed by atoms with Crippen LogP contribution in [0.2, 0.25) is 5.02 Å². The predicted molar refractivity (Wildman–Crippen MR) is 40.5 cm³/mol. The number of carbonyl (C=O) groups is 1. The number of hydrogen-bond acceptors (Lipinski definition) is 2. The zero-order chi connectivity index (χ0) is 9.14. The Morgan fingerprint density at radius 2 is 2.42 bits per heavy atom. The first-order chi connectivity index (χ1) is 5.59. The van der Waals surface area contributed by atoms with Gasteiger partial charge < -0.3 is 5.11 Å². The third kappa shape index (κ3) is 2.17. The molecule has 0 fully saturated rings. The minimum absolute atomic E-state index is 0.159. The molecule has 0 radical (unpaired) electrons. The normalized spacial score (nSPS) is 9.83. The Morgan fingerprint density at radius 3 is 2.92 bits per heavy atom. The third-order valence-corrected chi connectivity index (χ3v) is 1.47. The van der Waals surface area contributed by atoms with Gasteiger partial charge in [-0.1, -0.05) is 11.6 Å². The maximum Gasteiger partial charge on any atom is 0.307 e. The minimum Gasteiger partial charge on any atom is -0.481 e. The van der Waals surface area contributed by atoms with E-state index < -0.39 is 11.9 Å². The van der Waals surface area contributed by atoms with Crippen LogP contribution in [0.5, 0.6) is 0 Å². The molecule has 1 heterocycles. The van der Waals surface area contributed by atoms with Gasteiger partial charge in [-0.25, -0.2) is 4.98 Å². The van der Waals surface area contributed by atoms with Crippen LogP contribution in [-0.2, 0) is 11.2 Å². The summed E-state index contributed by atoms with van der Waals surface area (Å²) in [5.41, 5.74) is 0.383. The van der Waals surface area contributed by atoms with E-state index in [2.05, 4.69) is 4.98 Å². The summed E-state index contributed by atoms with van der Waals surface area (Å²) in [6.45, 7) is 0. The van der Waals surface area contributed by atoms with Gasteiger partial charge in [0.15, 0.2) is 0 Å². The van der Waals surface area contributed by atoms with Crippen molar-refractivity contribution in [2.45, 2.75) is 6.42 Å². The molecule has 0 bridgehead atoms. The first kappa shape index (κ1) is 8.93. The van der Waals surface area contributed by atoms with E-state index in [4.69, 9.17) is 16.7 Å². The van der Waals surface area contributed by atoms with E-state index >= 15 is 0 Å². The molecule has 0 spiro atoms. The zero-order valence-electron chi connectivity index (χ0n) is 5.92. The molecule has 1 rings (SSSR count). The van der Waals surface area contributed by atoms with Gasteiger partial charge in [0.25, 0.3) is 0 Å². The predicted octanol–water partition coefficient (Wildman–Crippen LogP) is 1.50. The molecule has 0 aromatic carbocycles. The first-order valence-electron chi connectivity index (χ1n) is 3.11. The molecule has 0 saturated heterocycles. The number of carboxylic acid groups (broad SMARTS) is 1. The van der Waals surface area contributed by atoms with Gasteiger partial charge in [-0.3, -0.25) is 4.79 Å². The van der Waals surface area contributed by atoms with Crippen LogP contribution in [0.15, 0.2) is 12.3 Å². The van der Waals surface area contributed by atoms with Crippen LogP contribution in [0.4, 0.5) is 4.39 Å². The Balaban J connectivity index is 2.89. The largest absolute Gasteiger partial charge is 0.481 e. The van der Waals surface area contributed by atoms with Crippen molar-refractivity contribution < 1.29 is 14.3 Å². The lowest BCUT2D eigenvalue weighted by Crippen LogP contribution is -2.01. The molecule has 5 heteroatoms. The van der Waals surface area contributed by atoms with Crippen LogP contribution in [-0.4, -0.2) is 16.1 Å². The van der Waals surface area contributed by atoms with E-state index in [1.807, 2.05) is 0 Å². The molecule has 0 aliphatic rings. The SMILES string of the molecule is O=C(O)Cc1cnc(F)c(Cl)c1. The highest BCUT2D eigenvalue weighted by molar-refractivity contribution is 6.30. The highest BCUT2D eigenvalue weighted by atomic mass is 35.5.